The SMILES string of the molecule is C=CCn1cc(C)nc1NC1CCCCCCC1. The lowest BCUT2D eigenvalue weighted by atomic mass is 9.97. The van der Waals surface area contributed by atoms with Gasteiger partial charge in [-0.1, -0.05) is 38.2 Å². The van der Waals surface area contributed by atoms with E-state index in [4.69, 9.17) is 0 Å². The summed E-state index contributed by atoms with van der Waals surface area (Å²) in [6.45, 7) is 6.68. The summed E-state index contributed by atoms with van der Waals surface area (Å²) in [4.78, 5) is 4.58. The van der Waals surface area contributed by atoms with Crippen molar-refractivity contribution in [3.63, 3.8) is 0 Å². The fraction of sp³-hybridized carbons (Fsp3) is 0.667. The molecule has 2 rings (SSSR count). The molecule has 100 valence electrons. The fourth-order valence-corrected chi connectivity index (χ4v) is 2.72. The number of aromatic nitrogens is 2. The van der Waals surface area contributed by atoms with E-state index in [1.165, 1.54) is 44.9 Å². The third-order valence-corrected chi connectivity index (χ3v) is 3.66. The van der Waals surface area contributed by atoms with Crippen LogP contribution in [0.1, 0.15) is 50.6 Å². The van der Waals surface area contributed by atoms with Crippen LogP contribution in [0.3, 0.4) is 0 Å². The second-order valence-corrected chi connectivity index (χ2v) is 5.33. The van der Waals surface area contributed by atoms with E-state index in [2.05, 4.69) is 27.6 Å². The highest BCUT2D eigenvalue weighted by Gasteiger charge is 2.13. The molecule has 0 bridgehead atoms. The van der Waals surface area contributed by atoms with Gasteiger partial charge in [-0.25, -0.2) is 4.98 Å². The van der Waals surface area contributed by atoms with Crippen molar-refractivity contribution < 1.29 is 0 Å². The number of anilines is 1. The summed E-state index contributed by atoms with van der Waals surface area (Å²) >= 11 is 0. The minimum absolute atomic E-state index is 0.593. The van der Waals surface area contributed by atoms with Crippen LogP contribution in [0.2, 0.25) is 0 Å². The number of hydrogen-bond donors (Lipinski definition) is 1. The predicted molar refractivity (Wildman–Crippen MR) is 76.9 cm³/mol. The maximum Gasteiger partial charge on any atom is 0.203 e. The van der Waals surface area contributed by atoms with Crippen molar-refractivity contribution >= 4 is 5.95 Å². The molecule has 0 amide bonds. The molecule has 1 aromatic heterocycles. The van der Waals surface area contributed by atoms with E-state index in [1.54, 1.807) is 0 Å². The molecule has 1 aliphatic rings. The van der Waals surface area contributed by atoms with Gasteiger partial charge in [0.1, 0.15) is 0 Å². The lowest BCUT2D eigenvalue weighted by Crippen LogP contribution is -2.22. The van der Waals surface area contributed by atoms with Crippen LogP contribution < -0.4 is 5.32 Å². The van der Waals surface area contributed by atoms with Crippen molar-refractivity contribution in [2.45, 2.75) is 64.5 Å². The van der Waals surface area contributed by atoms with Gasteiger partial charge in [0.15, 0.2) is 0 Å². The van der Waals surface area contributed by atoms with Crippen molar-refractivity contribution in [2.24, 2.45) is 0 Å². The third kappa shape index (κ3) is 3.62. The molecule has 0 aromatic carbocycles. The zero-order valence-electron chi connectivity index (χ0n) is 11.5. The highest BCUT2D eigenvalue weighted by Crippen LogP contribution is 2.20. The molecule has 1 N–H and O–H groups in total. The molecule has 0 radical (unpaired) electrons. The normalized spacial score (nSPS) is 18.1. The van der Waals surface area contributed by atoms with Crippen LogP contribution in [-0.2, 0) is 6.54 Å². The average molecular weight is 247 g/mol. The first kappa shape index (κ1) is 13.2. The molecule has 3 heteroatoms. The fourth-order valence-electron chi connectivity index (χ4n) is 2.72. The van der Waals surface area contributed by atoms with Crippen molar-refractivity contribution in [1.82, 2.24) is 9.55 Å². The molecule has 1 fully saturated rings. The van der Waals surface area contributed by atoms with E-state index < -0.39 is 0 Å². The molecule has 0 unspecified atom stereocenters. The number of nitrogens with one attached hydrogen (secondary N) is 1. The topological polar surface area (TPSA) is 29.9 Å². The van der Waals surface area contributed by atoms with Gasteiger partial charge in [-0.2, -0.15) is 0 Å². The minimum atomic E-state index is 0.593. The van der Waals surface area contributed by atoms with Crippen LogP contribution >= 0.6 is 0 Å². The summed E-state index contributed by atoms with van der Waals surface area (Å²) in [5, 5.41) is 3.63. The molecule has 18 heavy (non-hydrogen) atoms. The number of hydrogen-bond acceptors (Lipinski definition) is 2. The summed E-state index contributed by atoms with van der Waals surface area (Å²) in [7, 11) is 0. The van der Waals surface area contributed by atoms with Gasteiger partial charge in [-0.05, 0) is 19.8 Å². The van der Waals surface area contributed by atoms with Crippen molar-refractivity contribution in [1.29, 1.82) is 0 Å². The Balaban J connectivity index is 1.99. The quantitative estimate of drug-likeness (QED) is 0.818. The van der Waals surface area contributed by atoms with Crippen LogP contribution in [0.25, 0.3) is 0 Å². The van der Waals surface area contributed by atoms with E-state index in [0.29, 0.717) is 6.04 Å². The minimum Gasteiger partial charge on any atom is -0.353 e. The van der Waals surface area contributed by atoms with Gasteiger partial charge in [0.25, 0.3) is 0 Å². The second kappa shape index (κ2) is 6.62. The van der Waals surface area contributed by atoms with E-state index in [0.717, 1.165) is 18.2 Å². The van der Waals surface area contributed by atoms with Gasteiger partial charge in [0, 0.05) is 18.8 Å². The van der Waals surface area contributed by atoms with E-state index in [1.807, 2.05) is 13.0 Å². The number of rotatable bonds is 4. The molecule has 1 heterocycles. The molecular weight excluding hydrogens is 222 g/mol. The summed E-state index contributed by atoms with van der Waals surface area (Å²) in [5.41, 5.74) is 1.07. The predicted octanol–water partition coefficient (Wildman–Crippen LogP) is 3.90. The maximum atomic E-state index is 4.58. The van der Waals surface area contributed by atoms with E-state index in [-0.39, 0.29) is 0 Å². The molecule has 1 aromatic rings. The van der Waals surface area contributed by atoms with Gasteiger partial charge in [-0.15, -0.1) is 6.58 Å². The Bertz CT molecular complexity index is 373. The lowest BCUT2D eigenvalue weighted by Gasteiger charge is -2.21. The Hall–Kier alpha value is -1.25. The van der Waals surface area contributed by atoms with Gasteiger partial charge in [0.05, 0.1) is 5.69 Å². The summed E-state index contributed by atoms with van der Waals surface area (Å²) in [6, 6.07) is 0.593. The van der Waals surface area contributed by atoms with Gasteiger partial charge in [0.2, 0.25) is 5.95 Å². The summed E-state index contributed by atoms with van der Waals surface area (Å²) in [5.74, 6) is 1.01. The summed E-state index contributed by atoms with van der Waals surface area (Å²) in [6.07, 6.45) is 13.4. The number of imidazole rings is 1. The number of aryl methyl sites for hydroxylation is 1. The molecule has 1 saturated carbocycles. The Morgan fingerprint density at radius 1 is 1.33 bits per heavy atom. The average Bonchev–Trinajstić information content (AvgIpc) is 2.63. The zero-order chi connectivity index (χ0) is 12.8. The standard InChI is InChI=1S/C15H25N3/c1-3-11-18-12-13(2)16-15(18)17-14-9-7-5-4-6-8-10-14/h3,12,14H,1,4-11H2,2H3,(H,16,17). The van der Waals surface area contributed by atoms with Crippen LogP contribution in [0.15, 0.2) is 18.9 Å². The monoisotopic (exact) mass is 247 g/mol. The molecular formula is C15H25N3. The number of allylic oxidation sites excluding steroid dienone is 1. The van der Waals surface area contributed by atoms with E-state index >= 15 is 0 Å². The van der Waals surface area contributed by atoms with Crippen LogP contribution in [0.4, 0.5) is 5.95 Å². The van der Waals surface area contributed by atoms with E-state index in [9.17, 15) is 0 Å². The first-order valence-electron chi connectivity index (χ1n) is 7.21. The molecule has 0 aliphatic heterocycles. The molecule has 0 atom stereocenters. The van der Waals surface area contributed by atoms with Crippen LogP contribution in [-0.4, -0.2) is 15.6 Å². The molecule has 0 saturated heterocycles. The van der Waals surface area contributed by atoms with Crippen molar-refractivity contribution in [2.75, 3.05) is 5.32 Å². The van der Waals surface area contributed by atoms with Crippen LogP contribution in [0, 0.1) is 6.92 Å². The smallest absolute Gasteiger partial charge is 0.203 e. The first-order valence-corrected chi connectivity index (χ1v) is 7.21. The number of nitrogens with zero attached hydrogens (tertiary/aromatic N) is 2. The van der Waals surface area contributed by atoms with Crippen LogP contribution in [0.5, 0.6) is 0 Å². The molecule has 0 spiro atoms. The summed E-state index contributed by atoms with van der Waals surface area (Å²) < 4.78 is 2.15. The molecule has 1 aliphatic carbocycles. The maximum absolute atomic E-state index is 4.58. The third-order valence-electron chi connectivity index (χ3n) is 3.66. The van der Waals surface area contributed by atoms with Gasteiger partial charge >= 0.3 is 0 Å². The largest absolute Gasteiger partial charge is 0.353 e. The Morgan fingerprint density at radius 2 is 2.00 bits per heavy atom. The highest BCUT2D eigenvalue weighted by molar-refractivity contribution is 5.30. The Labute approximate surface area is 110 Å². The Morgan fingerprint density at radius 3 is 2.67 bits per heavy atom. The zero-order valence-corrected chi connectivity index (χ0v) is 11.5. The first-order chi connectivity index (χ1) is 8.79. The molecule has 3 nitrogen and oxygen atoms in total. The van der Waals surface area contributed by atoms with Crippen molar-refractivity contribution in [3.8, 4) is 0 Å². The van der Waals surface area contributed by atoms with Gasteiger partial charge < -0.3 is 9.88 Å². The Kier molecular flexibility index (Phi) is 4.85. The lowest BCUT2D eigenvalue weighted by molar-refractivity contribution is 0.468. The second-order valence-electron chi connectivity index (χ2n) is 5.33. The van der Waals surface area contributed by atoms with Crippen molar-refractivity contribution in [3.05, 3.63) is 24.5 Å². The highest BCUT2D eigenvalue weighted by atomic mass is 15.2. The van der Waals surface area contributed by atoms with Gasteiger partial charge in [-0.3, -0.25) is 0 Å².